The number of amides is 1. The molecule has 7 nitrogen and oxygen atoms in total. The number of hydrogen-bond donors (Lipinski definition) is 1. The average Bonchev–Trinajstić information content (AvgIpc) is 3.32. The first-order chi connectivity index (χ1) is 11.7. The van der Waals surface area contributed by atoms with Gasteiger partial charge in [-0.3, -0.25) is 9.89 Å². The van der Waals surface area contributed by atoms with E-state index in [-0.39, 0.29) is 11.8 Å². The highest BCUT2D eigenvalue weighted by Gasteiger charge is 2.20. The van der Waals surface area contributed by atoms with Crippen LogP contribution in [-0.4, -0.2) is 38.2 Å². The van der Waals surface area contributed by atoms with E-state index in [1.807, 2.05) is 42.7 Å². The Morgan fingerprint density at radius 1 is 1.46 bits per heavy atom. The Morgan fingerprint density at radius 3 is 3.08 bits per heavy atom. The maximum atomic E-state index is 12.4. The Hall–Kier alpha value is -2.74. The fraction of sp³-hybridized carbons (Fsp3) is 0.250. The molecule has 0 saturated heterocycles. The molecule has 0 radical (unpaired) electrons. The zero-order valence-corrected chi connectivity index (χ0v) is 14.2. The van der Waals surface area contributed by atoms with E-state index in [9.17, 15) is 4.79 Å². The lowest BCUT2D eigenvalue weighted by molar-refractivity contribution is 0.0742. The van der Waals surface area contributed by atoms with Crippen molar-refractivity contribution in [3.8, 4) is 10.6 Å². The molecule has 3 aromatic heterocycles. The molecule has 1 N–H and O–H groups in total. The lowest BCUT2D eigenvalue weighted by atomic mass is 10.3. The number of hydrogen-bond acceptors (Lipinski definition) is 6. The molecule has 0 saturated carbocycles. The second kappa shape index (κ2) is 7.22. The zero-order chi connectivity index (χ0) is 16.9. The van der Waals surface area contributed by atoms with Crippen molar-refractivity contribution in [2.45, 2.75) is 19.9 Å². The summed E-state index contributed by atoms with van der Waals surface area (Å²) >= 11 is 1.62. The van der Waals surface area contributed by atoms with E-state index >= 15 is 0 Å². The molecule has 0 bridgehead atoms. The van der Waals surface area contributed by atoms with Gasteiger partial charge in [0.1, 0.15) is 5.69 Å². The maximum absolute atomic E-state index is 12.4. The number of aromatic amines is 1. The molecule has 24 heavy (non-hydrogen) atoms. The van der Waals surface area contributed by atoms with Crippen LogP contribution in [0.25, 0.3) is 10.6 Å². The summed E-state index contributed by atoms with van der Waals surface area (Å²) in [5.74, 6) is 0.0999. The molecule has 0 atom stereocenters. The van der Waals surface area contributed by atoms with Crippen LogP contribution < -0.4 is 0 Å². The number of thiophene rings is 1. The van der Waals surface area contributed by atoms with Crippen molar-refractivity contribution in [3.05, 3.63) is 53.2 Å². The largest absolute Gasteiger partial charge is 0.417 e. The van der Waals surface area contributed by atoms with Gasteiger partial charge in [0.05, 0.1) is 17.1 Å². The van der Waals surface area contributed by atoms with Crippen LogP contribution in [0.4, 0.5) is 0 Å². The molecule has 0 spiro atoms. The second-order valence-corrected chi connectivity index (χ2v) is 6.14. The van der Waals surface area contributed by atoms with E-state index in [1.54, 1.807) is 18.4 Å². The third kappa shape index (κ3) is 3.60. The van der Waals surface area contributed by atoms with Crippen molar-refractivity contribution in [3.63, 3.8) is 0 Å². The van der Waals surface area contributed by atoms with Gasteiger partial charge < -0.3 is 9.32 Å². The number of carbonyl (C=O) groups excluding carboxylic acids is 1. The number of allylic oxidation sites excluding steroid dienone is 2. The molecule has 0 fully saturated rings. The highest BCUT2D eigenvalue weighted by molar-refractivity contribution is 7.13. The van der Waals surface area contributed by atoms with E-state index < -0.39 is 0 Å². The second-order valence-electron chi connectivity index (χ2n) is 5.19. The minimum absolute atomic E-state index is 0.00463. The van der Waals surface area contributed by atoms with E-state index in [1.165, 1.54) is 4.90 Å². The molecular weight excluding hydrogens is 326 g/mol. The Balaban J connectivity index is 1.65. The summed E-state index contributed by atoms with van der Waals surface area (Å²) in [5, 5.41) is 16.9. The predicted octanol–water partition coefficient (Wildman–Crippen LogP) is 2.91. The van der Waals surface area contributed by atoms with Gasteiger partial charge in [-0.2, -0.15) is 5.10 Å². The van der Waals surface area contributed by atoms with E-state index in [0.717, 1.165) is 16.3 Å². The summed E-state index contributed by atoms with van der Waals surface area (Å²) in [5.41, 5.74) is 1.70. The molecule has 0 unspecified atom stereocenters. The molecule has 124 valence electrons. The van der Waals surface area contributed by atoms with Crippen LogP contribution in [0, 0.1) is 0 Å². The van der Waals surface area contributed by atoms with Crippen LogP contribution in [0.1, 0.15) is 29.2 Å². The Labute approximate surface area is 143 Å². The Bertz CT molecular complexity index is 834. The summed E-state index contributed by atoms with van der Waals surface area (Å²) in [6.07, 6.45) is 4.30. The highest BCUT2D eigenvalue weighted by Crippen LogP contribution is 2.23. The van der Waals surface area contributed by atoms with Gasteiger partial charge in [0.15, 0.2) is 0 Å². The quantitative estimate of drug-likeness (QED) is 0.695. The number of nitrogens with zero attached hydrogens (tertiary/aromatic N) is 4. The van der Waals surface area contributed by atoms with Gasteiger partial charge in [-0.05, 0) is 24.4 Å². The minimum Gasteiger partial charge on any atom is -0.417 e. The number of H-pyrrole nitrogens is 1. The standard InChI is InChI=1S/C16H17N5O2S/c1-3-4-7-14-19-20-15(23-14)16(22)21(2)10-11-9-12(18-17-11)13-6-5-8-24-13/h3-6,8-9H,7,10H2,1-2H3,(H,17,18)/b4-3+. The van der Waals surface area contributed by atoms with Crippen LogP contribution in [0.2, 0.25) is 0 Å². The first-order valence-electron chi connectivity index (χ1n) is 7.44. The minimum atomic E-state index is -0.318. The molecule has 3 heterocycles. The third-order valence-electron chi connectivity index (χ3n) is 3.34. The molecule has 0 aromatic carbocycles. The summed E-state index contributed by atoms with van der Waals surface area (Å²) in [6, 6.07) is 5.91. The van der Waals surface area contributed by atoms with Crippen molar-refractivity contribution >= 4 is 17.2 Å². The van der Waals surface area contributed by atoms with Gasteiger partial charge in [0.25, 0.3) is 0 Å². The maximum Gasteiger partial charge on any atom is 0.311 e. The Morgan fingerprint density at radius 2 is 2.33 bits per heavy atom. The van der Waals surface area contributed by atoms with Gasteiger partial charge in [-0.25, -0.2) is 0 Å². The van der Waals surface area contributed by atoms with Crippen LogP contribution in [0.5, 0.6) is 0 Å². The molecule has 1 amide bonds. The monoisotopic (exact) mass is 343 g/mol. The van der Waals surface area contributed by atoms with Crippen molar-refractivity contribution < 1.29 is 9.21 Å². The summed E-state index contributed by atoms with van der Waals surface area (Å²) in [7, 11) is 1.68. The van der Waals surface area contributed by atoms with Crippen LogP contribution in [-0.2, 0) is 13.0 Å². The first-order valence-corrected chi connectivity index (χ1v) is 8.32. The summed E-state index contributed by atoms with van der Waals surface area (Å²) in [4.78, 5) is 14.9. The molecule has 3 aromatic rings. The van der Waals surface area contributed by atoms with Gasteiger partial charge in [0, 0.05) is 13.5 Å². The molecule has 8 heteroatoms. The molecule has 0 aliphatic rings. The average molecular weight is 343 g/mol. The van der Waals surface area contributed by atoms with Crippen molar-refractivity contribution in [2.75, 3.05) is 7.05 Å². The summed E-state index contributed by atoms with van der Waals surface area (Å²) in [6.45, 7) is 2.29. The number of nitrogens with one attached hydrogen (secondary N) is 1. The lowest BCUT2D eigenvalue weighted by Crippen LogP contribution is -2.26. The smallest absolute Gasteiger partial charge is 0.311 e. The molecular formula is C16H17N5O2S. The van der Waals surface area contributed by atoms with Gasteiger partial charge in [-0.15, -0.1) is 21.5 Å². The van der Waals surface area contributed by atoms with Crippen molar-refractivity contribution in [2.24, 2.45) is 0 Å². The highest BCUT2D eigenvalue weighted by atomic mass is 32.1. The lowest BCUT2D eigenvalue weighted by Gasteiger charge is -2.13. The van der Waals surface area contributed by atoms with Gasteiger partial charge in [0.2, 0.25) is 5.89 Å². The molecule has 3 rings (SSSR count). The van der Waals surface area contributed by atoms with Crippen molar-refractivity contribution in [1.29, 1.82) is 0 Å². The zero-order valence-electron chi connectivity index (χ0n) is 13.4. The number of aromatic nitrogens is 4. The SMILES string of the molecule is C/C=C/Cc1nnc(C(=O)N(C)Cc2cc(-c3cccs3)n[nH]2)o1. The van der Waals surface area contributed by atoms with Crippen LogP contribution in [0.15, 0.2) is 40.1 Å². The Kier molecular flexibility index (Phi) is 4.85. The van der Waals surface area contributed by atoms with E-state index in [2.05, 4.69) is 20.4 Å². The van der Waals surface area contributed by atoms with Crippen molar-refractivity contribution in [1.82, 2.24) is 25.3 Å². The fourth-order valence-electron chi connectivity index (χ4n) is 2.12. The predicted molar refractivity (Wildman–Crippen MR) is 90.5 cm³/mol. The van der Waals surface area contributed by atoms with Crippen LogP contribution >= 0.6 is 11.3 Å². The number of carbonyl (C=O) groups is 1. The third-order valence-corrected chi connectivity index (χ3v) is 4.23. The first kappa shape index (κ1) is 16.1. The van der Waals surface area contributed by atoms with E-state index in [0.29, 0.717) is 18.9 Å². The number of rotatable bonds is 6. The normalized spacial score (nSPS) is 11.2. The fourth-order valence-corrected chi connectivity index (χ4v) is 2.81. The van der Waals surface area contributed by atoms with Gasteiger partial charge in [-0.1, -0.05) is 18.2 Å². The topological polar surface area (TPSA) is 87.9 Å². The van der Waals surface area contributed by atoms with E-state index in [4.69, 9.17) is 4.42 Å². The van der Waals surface area contributed by atoms with Crippen LogP contribution in [0.3, 0.4) is 0 Å². The van der Waals surface area contributed by atoms with Gasteiger partial charge >= 0.3 is 11.8 Å². The molecule has 0 aliphatic heterocycles. The molecule has 0 aliphatic carbocycles. The summed E-state index contributed by atoms with van der Waals surface area (Å²) < 4.78 is 5.38.